The van der Waals surface area contributed by atoms with Gasteiger partial charge in [0.15, 0.2) is 0 Å². The number of amides is 1. The number of hydrogen-bond donors (Lipinski definition) is 1. The molecule has 1 amide bonds. The number of halogens is 3. The molecule has 1 fully saturated rings. The molecule has 114 valence electrons. The van der Waals surface area contributed by atoms with Crippen molar-refractivity contribution in [1.82, 2.24) is 4.90 Å². The zero-order chi connectivity index (χ0) is 15.5. The molecule has 1 aromatic carbocycles. The minimum Gasteiger partial charge on any atom is -0.338 e. The zero-order valence-electron chi connectivity index (χ0n) is 11.4. The maximum atomic E-state index is 12.4. The van der Waals surface area contributed by atoms with E-state index in [4.69, 9.17) is 5.73 Å². The quantitative estimate of drug-likeness (QED) is 0.853. The second kappa shape index (κ2) is 6.30. The van der Waals surface area contributed by atoms with Gasteiger partial charge in [-0.15, -0.1) is 0 Å². The maximum absolute atomic E-state index is 12.4. The minimum atomic E-state index is -4.35. The molecule has 2 N–H and O–H groups in total. The van der Waals surface area contributed by atoms with Crippen LogP contribution in [0.4, 0.5) is 13.2 Å². The van der Waals surface area contributed by atoms with Crippen molar-refractivity contribution in [2.45, 2.75) is 25.1 Å². The molecule has 6 heteroatoms. The molecule has 21 heavy (non-hydrogen) atoms. The molecule has 1 saturated heterocycles. The monoisotopic (exact) mass is 298 g/mol. The third-order valence-electron chi connectivity index (χ3n) is 3.43. The SMILES string of the molecule is NC1CCCN(C(=O)C=Cc2ccc(C(F)(F)F)cc2)C1. The Labute approximate surface area is 121 Å². The topological polar surface area (TPSA) is 46.3 Å². The van der Waals surface area contributed by atoms with Gasteiger partial charge in [-0.05, 0) is 36.6 Å². The van der Waals surface area contributed by atoms with E-state index in [1.54, 1.807) is 4.90 Å². The van der Waals surface area contributed by atoms with Crippen molar-refractivity contribution < 1.29 is 18.0 Å². The van der Waals surface area contributed by atoms with Crippen LogP contribution >= 0.6 is 0 Å². The van der Waals surface area contributed by atoms with E-state index in [1.807, 2.05) is 0 Å². The second-order valence-corrected chi connectivity index (χ2v) is 5.14. The summed E-state index contributed by atoms with van der Waals surface area (Å²) in [5, 5.41) is 0. The zero-order valence-corrected chi connectivity index (χ0v) is 11.4. The lowest BCUT2D eigenvalue weighted by Gasteiger charge is -2.29. The predicted molar refractivity (Wildman–Crippen MR) is 74.3 cm³/mol. The fourth-order valence-corrected chi connectivity index (χ4v) is 2.27. The third-order valence-corrected chi connectivity index (χ3v) is 3.43. The number of carbonyl (C=O) groups excluding carboxylic acids is 1. The van der Waals surface area contributed by atoms with Gasteiger partial charge in [-0.1, -0.05) is 12.1 Å². The van der Waals surface area contributed by atoms with Crippen molar-refractivity contribution in [3.63, 3.8) is 0 Å². The van der Waals surface area contributed by atoms with Crippen LogP contribution < -0.4 is 5.73 Å². The number of alkyl halides is 3. The molecular formula is C15H17F3N2O. The van der Waals surface area contributed by atoms with Gasteiger partial charge in [0.1, 0.15) is 0 Å². The van der Waals surface area contributed by atoms with E-state index in [0.717, 1.165) is 25.0 Å². The standard InChI is InChI=1S/C15H17F3N2O/c16-15(17,18)12-6-3-11(4-7-12)5-8-14(21)20-9-1-2-13(19)10-20/h3-8,13H,1-2,9-10,19H2. The fourth-order valence-electron chi connectivity index (χ4n) is 2.27. The average Bonchev–Trinajstić information content (AvgIpc) is 2.44. The molecule has 0 bridgehead atoms. The van der Waals surface area contributed by atoms with Crippen molar-refractivity contribution in [3.8, 4) is 0 Å². The van der Waals surface area contributed by atoms with E-state index in [2.05, 4.69) is 0 Å². The summed E-state index contributed by atoms with van der Waals surface area (Å²) in [5.74, 6) is -0.162. The number of benzene rings is 1. The van der Waals surface area contributed by atoms with Gasteiger partial charge < -0.3 is 10.6 Å². The van der Waals surface area contributed by atoms with Gasteiger partial charge in [-0.3, -0.25) is 4.79 Å². The number of hydrogen-bond acceptors (Lipinski definition) is 2. The first kappa shape index (κ1) is 15.6. The average molecular weight is 298 g/mol. The van der Waals surface area contributed by atoms with Crippen LogP contribution in [-0.4, -0.2) is 29.9 Å². The van der Waals surface area contributed by atoms with Gasteiger partial charge in [0.25, 0.3) is 0 Å². The maximum Gasteiger partial charge on any atom is 0.416 e. The lowest BCUT2D eigenvalue weighted by molar-refractivity contribution is -0.137. The van der Waals surface area contributed by atoms with E-state index in [0.29, 0.717) is 18.7 Å². The molecule has 1 aromatic rings. The van der Waals surface area contributed by atoms with Crippen LogP contribution in [0.3, 0.4) is 0 Å². The summed E-state index contributed by atoms with van der Waals surface area (Å²) < 4.78 is 37.3. The predicted octanol–water partition coefficient (Wildman–Crippen LogP) is 2.67. The van der Waals surface area contributed by atoms with Crippen LogP contribution in [0.25, 0.3) is 6.08 Å². The number of nitrogens with two attached hydrogens (primary N) is 1. The smallest absolute Gasteiger partial charge is 0.338 e. The Hall–Kier alpha value is -1.82. The molecule has 0 aliphatic carbocycles. The van der Waals surface area contributed by atoms with Gasteiger partial charge >= 0.3 is 6.18 Å². The molecule has 0 aromatic heterocycles. The molecule has 1 heterocycles. The Bertz CT molecular complexity index is 523. The highest BCUT2D eigenvalue weighted by atomic mass is 19.4. The normalized spacial score (nSPS) is 20.0. The number of piperidine rings is 1. The molecular weight excluding hydrogens is 281 g/mol. The summed E-state index contributed by atoms with van der Waals surface area (Å²) >= 11 is 0. The van der Waals surface area contributed by atoms with Gasteiger partial charge in [-0.25, -0.2) is 0 Å². The van der Waals surface area contributed by atoms with Crippen LogP contribution in [0.2, 0.25) is 0 Å². The molecule has 1 unspecified atom stereocenters. The number of rotatable bonds is 2. The van der Waals surface area contributed by atoms with Gasteiger partial charge in [-0.2, -0.15) is 13.2 Å². The number of likely N-dealkylation sites (tertiary alicyclic amines) is 1. The lowest BCUT2D eigenvalue weighted by atomic mass is 10.1. The van der Waals surface area contributed by atoms with Crippen molar-refractivity contribution in [3.05, 3.63) is 41.5 Å². The summed E-state index contributed by atoms with van der Waals surface area (Å²) in [5.41, 5.74) is 5.66. The highest BCUT2D eigenvalue weighted by molar-refractivity contribution is 5.91. The van der Waals surface area contributed by atoms with Crippen LogP contribution in [0.1, 0.15) is 24.0 Å². The molecule has 0 radical (unpaired) electrons. The van der Waals surface area contributed by atoms with Crippen molar-refractivity contribution in [2.24, 2.45) is 5.73 Å². The van der Waals surface area contributed by atoms with Crippen LogP contribution in [0.5, 0.6) is 0 Å². The molecule has 1 aliphatic rings. The number of carbonyl (C=O) groups is 1. The molecule has 3 nitrogen and oxygen atoms in total. The van der Waals surface area contributed by atoms with Crippen molar-refractivity contribution in [2.75, 3.05) is 13.1 Å². The Balaban J connectivity index is 1.99. The lowest BCUT2D eigenvalue weighted by Crippen LogP contribution is -2.45. The van der Waals surface area contributed by atoms with Crippen molar-refractivity contribution >= 4 is 12.0 Å². The Morgan fingerprint density at radius 2 is 1.95 bits per heavy atom. The Kier molecular flexibility index (Phi) is 4.67. The van der Waals surface area contributed by atoms with Gasteiger partial charge in [0.2, 0.25) is 5.91 Å². The summed E-state index contributed by atoms with van der Waals surface area (Å²) in [6.45, 7) is 1.19. The molecule has 1 aliphatic heterocycles. The molecule has 1 atom stereocenters. The van der Waals surface area contributed by atoms with E-state index >= 15 is 0 Å². The first-order valence-corrected chi connectivity index (χ1v) is 6.76. The van der Waals surface area contributed by atoms with Gasteiger partial charge in [0, 0.05) is 25.2 Å². The molecule has 0 spiro atoms. The Morgan fingerprint density at radius 1 is 1.29 bits per heavy atom. The first-order valence-electron chi connectivity index (χ1n) is 6.76. The van der Waals surface area contributed by atoms with Crippen LogP contribution in [0.15, 0.2) is 30.3 Å². The van der Waals surface area contributed by atoms with Crippen LogP contribution in [-0.2, 0) is 11.0 Å². The summed E-state index contributed by atoms with van der Waals surface area (Å²) in [7, 11) is 0. The largest absolute Gasteiger partial charge is 0.416 e. The fraction of sp³-hybridized carbons (Fsp3) is 0.400. The molecule has 2 rings (SSSR count). The van der Waals surface area contributed by atoms with E-state index in [-0.39, 0.29) is 11.9 Å². The van der Waals surface area contributed by atoms with Crippen molar-refractivity contribution in [1.29, 1.82) is 0 Å². The van der Waals surface area contributed by atoms with E-state index in [9.17, 15) is 18.0 Å². The second-order valence-electron chi connectivity index (χ2n) is 5.14. The van der Waals surface area contributed by atoms with Crippen LogP contribution in [0, 0.1) is 0 Å². The van der Waals surface area contributed by atoms with E-state index < -0.39 is 11.7 Å². The first-order chi connectivity index (χ1) is 9.86. The molecule has 0 saturated carbocycles. The minimum absolute atomic E-state index is 0.00201. The van der Waals surface area contributed by atoms with E-state index in [1.165, 1.54) is 24.3 Å². The summed E-state index contributed by atoms with van der Waals surface area (Å²) in [6, 6.07) is 4.69. The summed E-state index contributed by atoms with van der Waals surface area (Å²) in [6.07, 6.45) is 0.332. The number of nitrogens with zero attached hydrogens (tertiary/aromatic N) is 1. The highest BCUT2D eigenvalue weighted by Crippen LogP contribution is 2.29. The Morgan fingerprint density at radius 3 is 2.52 bits per heavy atom. The van der Waals surface area contributed by atoms with Gasteiger partial charge in [0.05, 0.1) is 5.56 Å². The summed E-state index contributed by atoms with van der Waals surface area (Å²) in [4.78, 5) is 13.6. The highest BCUT2D eigenvalue weighted by Gasteiger charge is 2.29. The third kappa shape index (κ3) is 4.32.